The maximum absolute atomic E-state index is 12.2. The summed E-state index contributed by atoms with van der Waals surface area (Å²) < 4.78 is 10.4. The lowest BCUT2D eigenvalue weighted by Gasteiger charge is -2.08. The Bertz CT molecular complexity index is 588. The van der Waals surface area contributed by atoms with Crippen molar-refractivity contribution in [2.24, 2.45) is 0 Å². The third kappa shape index (κ3) is 3.43. The van der Waals surface area contributed by atoms with E-state index in [0.717, 1.165) is 0 Å². The van der Waals surface area contributed by atoms with E-state index in [0.29, 0.717) is 29.5 Å². The second kappa shape index (κ2) is 6.83. The molecule has 0 saturated heterocycles. The summed E-state index contributed by atoms with van der Waals surface area (Å²) >= 11 is 1.28. The van der Waals surface area contributed by atoms with Crippen LogP contribution >= 0.6 is 11.3 Å². The summed E-state index contributed by atoms with van der Waals surface area (Å²) in [6.45, 7) is 0.834. The van der Waals surface area contributed by atoms with Crippen molar-refractivity contribution in [2.75, 3.05) is 31.4 Å². The number of nitrogens with two attached hydrogens (primary N) is 1. The van der Waals surface area contributed by atoms with Gasteiger partial charge in [0.05, 0.1) is 12.8 Å². The average Bonchev–Trinajstić information content (AvgIpc) is 2.90. The summed E-state index contributed by atoms with van der Waals surface area (Å²) in [4.78, 5) is 20.2. The van der Waals surface area contributed by atoms with Crippen LogP contribution in [0.1, 0.15) is 9.67 Å². The summed E-state index contributed by atoms with van der Waals surface area (Å²) in [5, 5.41) is 4.43. The molecule has 2 aromatic rings. The predicted molar refractivity (Wildman–Crippen MR) is 76.1 cm³/mol. The topological polar surface area (TPSA) is 99.4 Å². The zero-order valence-electron chi connectivity index (χ0n) is 10.8. The van der Waals surface area contributed by atoms with E-state index in [1.807, 2.05) is 0 Å². The Morgan fingerprint density at radius 3 is 3.10 bits per heavy atom. The number of thiophene rings is 1. The first-order chi connectivity index (χ1) is 9.72. The molecule has 106 valence electrons. The molecule has 0 unspecified atom stereocenters. The summed E-state index contributed by atoms with van der Waals surface area (Å²) in [7, 11) is 1.59. The molecule has 1 amide bonds. The Morgan fingerprint density at radius 2 is 2.35 bits per heavy atom. The zero-order valence-corrected chi connectivity index (χ0v) is 11.6. The maximum atomic E-state index is 12.2. The van der Waals surface area contributed by atoms with E-state index in [-0.39, 0.29) is 11.7 Å². The highest BCUT2D eigenvalue weighted by atomic mass is 32.1. The highest BCUT2D eigenvalue weighted by molar-refractivity contribution is 7.12. The molecule has 0 aliphatic rings. The number of hydrogen-bond acceptors (Lipinski definition) is 7. The van der Waals surface area contributed by atoms with E-state index in [4.69, 9.17) is 15.2 Å². The Balaban J connectivity index is 2.06. The molecule has 0 aliphatic heterocycles. The predicted octanol–water partition coefficient (Wildman–Crippen LogP) is 1.40. The zero-order chi connectivity index (χ0) is 14.4. The monoisotopic (exact) mass is 294 g/mol. The van der Waals surface area contributed by atoms with Gasteiger partial charge in [-0.2, -0.15) is 0 Å². The molecule has 0 radical (unpaired) electrons. The van der Waals surface area contributed by atoms with Crippen molar-refractivity contribution in [3.63, 3.8) is 0 Å². The summed E-state index contributed by atoms with van der Waals surface area (Å²) in [5.74, 6) is 0.417. The van der Waals surface area contributed by atoms with Crippen LogP contribution in [-0.2, 0) is 4.74 Å². The molecule has 2 aromatic heterocycles. The third-order valence-electron chi connectivity index (χ3n) is 2.37. The maximum Gasteiger partial charge on any atom is 0.269 e. The van der Waals surface area contributed by atoms with E-state index >= 15 is 0 Å². The molecular weight excluding hydrogens is 280 g/mol. The number of nitrogens with zero attached hydrogens (tertiary/aromatic N) is 2. The van der Waals surface area contributed by atoms with E-state index in [9.17, 15) is 4.79 Å². The van der Waals surface area contributed by atoms with Gasteiger partial charge in [0.15, 0.2) is 5.82 Å². The van der Waals surface area contributed by atoms with Crippen molar-refractivity contribution in [2.45, 2.75) is 0 Å². The van der Waals surface area contributed by atoms with Crippen molar-refractivity contribution in [1.82, 2.24) is 9.97 Å². The molecule has 0 atom stereocenters. The number of amides is 1. The largest absolute Gasteiger partial charge is 0.489 e. The minimum atomic E-state index is -0.311. The number of methoxy groups -OCH3 is 1. The van der Waals surface area contributed by atoms with Crippen LogP contribution in [0, 0.1) is 0 Å². The molecule has 0 aromatic carbocycles. The van der Waals surface area contributed by atoms with E-state index in [1.165, 1.54) is 23.9 Å². The number of nitrogens with one attached hydrogen (secondary N) is 1. The highest BCUT2D eigenvalue weighted by Gasteiger charge is 2.16. The smallest absolute Gasteiger partial charge is 0.269 e. The number of hydrogen-bond donors (Lipinski definition) is 2. The standard InChI is InChI=1S/C12H14N4O3S/c1-18-3-4-19-9-2-5-20-10(9)12(17)16-8-6-14-7-15-11(8)13/h2,5-7H,3-4H2,1H3,(H,16,17)(H2,13,14,15). The van der Waals surface area contributed by atoms with Crippen LogP contribution in [0.5, 0.6) is 5.75 Å². The molecule has 0 spiro atoms. The van der Waals surface area contributed by atoms with Crippen LogP contribution in [0.3, 0.4) is 0 Å². The van der Waals surface area contributed by atoms with Crippen molar-refractivity contribution >= 4 is 28.7 Å². The van der Waals surface area contributed by atoms with Gasteiger partial charge in [0, 0.05) is 7.11 Å². The number of anilines is 2. The van der Waals surface area contributed by atoms with Gasteiger partial charge in [0.1, 0.15) is 29.2 Å². The van der Waals surface area contributed by atoms with Gasteiger partial charge in [-0.1, -0.05) is 0 Å². The summed E-state index contributed by atoms with van der Waals surface area (Å²) in [6, 6.07) is 1.74. The number of ether oxygens (including phenoxy) is 2. The number of rotatable bonds is 6. The van der Waals surface area contributed by atoms with Crippen molar-refractivity contribution < 1.29 is 14.3 Å². The van der Waals surface area contributed by atoms with Gasteiger partial charge in [0.2, 0.25) is 0 Å². The van der Waals surface area contributed by atoms with Gasteiger partial charge >= 0.3 is 0 Å². The quantitative estimate of drug-likeness (QED) is 0.781. The number of carbonyl (C=O) groups is 1. The van der Waals surface area contributed by atoms with Gasteiger partial charge in [-0.3, -0.25) is 4.79 Å². The van der Waals surface area contributed by atoms with Crippen molar-refractivity contribution in [3.05, 3.63) is 28.8 Å². The Kier molecular flexibility index (Phi) is 4.85. The molecular formula is C12H14N4O3S. The fourth-order valence-electron chi connectivity index (χ4n) is 1.43. The lowest BCUT2D eigenvalue weighted by molar-refractivity contribution is 0.102. The summed E-state index contributed by atoms with van der Waals surface area (Å²) in [5.41, 5.74) is 6.02. The van der Waals surface area contributed by atoms with E-state index in [2.05, 4.69) is 15.3 Å². The van der Waals surface area contributed by atoms with Gasteiger partial charge in [-0.05, 0) is 11.4 Å². The van der Waals surface area contributed by atoms with Gasteiger partial charge in [0.25, 0.3) is 5.91 Å². The first kappa shape index (κ1) is 14.2. The van der Waals surface area contributed by atoms with Gasteiger partial charge < -0.3 is 20.5 Å². The van der Waals surface area contributed by atoms with Crippen LogP contribution in [0.15, 0.2) is 24.0 Å². The van der Waals surface area contributed by atoms with E-state index in [1.54, 1.807) is 18.6 Å². The Morgan fingerprint density at radius 1 is 1.50 bits per heavy atom. The Hall–Kier alpha value is -2.19. The van der Waals surface area contributed by atoms with Crippen LogP contribution < -0.4 is 15.8 Å². The normalized spacial score (nSPS) is 10.2. The average molecular weight is 294 g/mol. The molecule has 8 heteroatoms. The Labute approximate surface area is 119 Å². The fourth-order valence-corrected chi connectivity index (χ4v) is 2.16. The first-order valence-electron chi connectivity index (χ1n) is 5.78. The molecule has 3 N–H and O–H groups in total. The minimum Gasteiger partial charge on any atom is -0.489 e. The van der Waals surface area contributed by atoms with Crippen molar-refractivity contribution in [1.29, 1.82) is 0 Å². The second-order valence-corrected chi connectivity index (χ2v) is 4.65. The van der Waals surface area contributed by atoms with E-state index < -0.39 is 0 Å². The molecule has 0 fully saturated rings. The molecule has 0 aliphatic carbocycles. The van der Waals surface area contributed by atoms with Gasteiger partial charge in [-0.25, -0.2) is 9.97 Å². The van der Waals surface area contributed by atoms with Crippen LogP contribution in [0.4, 0.5) is 11.5 Å². The molecule has 0 saturated carbocycles. The van der Waals surface area contributed by atoms with Crippen LogP contribution in [0.25, 0.3) is 0 Å². The molecule has 2 heterocycles. The van der Waals surface area contributed by atoms with Crippen LogP contribution in [0.2, 0.25) is 0 Å². The number of carbonyl (C=O) groups excluding carboxylic acids is 1. The summed E-state index contributed by atoms with van der Waals surface area (Å²) in [6.07, 6.45) is 2.76. The second-order valence-electron chi connectivity index (χ2n) is 3.73. The molecule has 7 nitrogen and oxygen atoms in total. The lowest BCUT2D eigenvalue weighted by Crippen LogP contribution is -2.14. The fraction of sp³-hybridized carbons (Fsp3) is 0.250. The lowest BCUT2D eigenvalue weighted by atomic mass is 10.3. The SMILES string of the molecule is COCCOc1ccsc1C(=O)Nc1cncnc1N. The molecule has 2 rings (SSSR count). The highest BCUT2D eigenvalue weighted by Crippen LogP contribution is 2.26. The number of aromatic nitrogens is 2. The van der Waals surface area contributed by atoms with Gasteiger partial charge in [-0.15, -0.1) is 11.3 Å². The molecule has 0 bridgehead atoms. The third-order valence-corrected chi connectivity index (χ3v) is 3.27. The number of nitrogen functional groups attached to an aromatic ring is 1. The minimum absolute atomic E-state index is 0.215. The van der Waals surface area contributed by atoms with Crippen molar-refractivity contribution in [3.8, 4) is 5.75 Å². The molecule has 20 heavy (non-hydrogen) atoms. The van der Waals surface area contributed by atoms with Crippen LogP contribution in [-0.4, -0.2) is 36.2 Å². The first-order valence-corrected chi connectivity index (χ1v) is 6.66.